The number of nitrogens with one attached hydrogen (secondary N) is 1. The van der Waals surface area contributed by atoms with Gasteiger partial charge in [-0.15, -0.1) is 21.5 Å². The van der Waals surface area contributed by atoms with Crippen LogP contribution in [-0.2, 0) is 21.2 Å². The minimum atomic E-state index is -3.72. The molecule has 0 saturated carbocycles. The Morgan fingerprint density at radius 1 is 1.11 bits per heavy atom. The van der Waals surface area contributed by atoms with Crippen molar-refractivity contribution < 1.29 is 17.9 Å². The van der Waals surface area contributed by atoms with E-state index in [0.29, 0.717) is 23.9 Å². The van der Waals surface area contributed by atoms with Crippen LogP contribution in [-0.4, -0.2) is 48.5 Å². The molecule has 0 fully saturated rings. The Morgan fingerprint density at radius 2 is 1.86 bits per heavy atom. The lowest BCUT2D eigenvalue weighted by molar-refractivity contribution is -0.118. The number of hydrogen-bond donors (Lipinski definition) is 2. The van der Waals surface area contributed by atoms with E-state index in [1.165, 1.54) is 23.9 Å². The number of methoxy groups -OCH3 is 1. The average molecular weight is 530 g/mol. The minimum Gasteiger partial charge on any atom is -0.497 e. The van der Waals surface area contributed by atoms with E-state index >= 15 is 0 Å². The van der Waals surface area contributed by atoms with Crippen LogP contribution in [0.5, 0.6) is 5.75 Å². The van der Waals surface area contributed by atoms with Crippen LogP contribution in [0.2, 0.25) is 0 Å². The van der Waals surface area contributed by atoms with Crippen LogP contribution in [0.3, 0.4) is 0 Å². The van der Waals surface area contributed by atoms with E-state index in [4.69, 9.17) is 9.88 Å². The number of nitrogens with two attached hydrogens (primary N) is 1. The molecule has 4 aromatic rings. The van der Waals surface area contributed by atoms with Crippen molar-refractivity contribution in [3.63, 3.8) is 0 Å². The van der Waals surface area contributed by atoms with Crippen molar-refractivity contribution in [2.75, 3.05) is 19.4 Å². The maximum atomic E-state index is 12.5. The smallest absolute Gasteiger partial charge is 0.238 e. The van der Waals surface area contributed by atoms with E-state index in [1.54, 1.807) is 30.6 Å². The summed E-state index contributed by atoms with van der Waals surface area (Å²) in [4.78, 5) is 13.5. The molecule has 0 saturated heterocycles. The summed E-state index contributed by atoms with van der Waals surface area (Å²) in [6.07, 6.45) is 0.561. The number of thioether (sulfide) groups is 1. The van der Waals surface area contributed by atoms with E-state index in [-0.39, 0.29) is 16.6 Å². The molecular weight excluding hydrogens is 506 g/mol. The summed E-state index contributed by atoms with van der Waals surface area (Å²) in [6.45, 7) is 0.416. The number of thiophene rings is 1. The Morgan fingerprint density at radius 3 is 2.49 bits per heavy atom. The molecule has 9 nitrogen and oxygen atoms in total. The monoisotopic (exact) mass is 529 g/mol. The van der Waals surface area contributed by atoms with Gasteiger partial charge in [0.25, 0.3) is 0 Å². The number of rotatable bonds is 10. The van der Waals surface area contributed by atoms with Gasteiger partial charge in [-0.05, 0) is 59.8 Å². The van der Waals surface area contributed by atoms with Gasteiger partial charge in [0.05, 0.1) is 28.3 Å². The molecule has 3 N–H and O–H groups in total. The summed E-state index contributed by atoms with van der Waals surface area (Å²) in [5, 5.41) is 19.3. The SMILES string of the molecule is COc1ccc(-n2c(SCC(=O)NCCc3ccc(S(N)(=O)=O)cc3)nnc2-c2cccs2)cc1. The molecule has 2 aromatic carbocycles. The van der Waals surface area contributed by atoms with Crippen LogP contribution in [0.15, 0.2) is 76.1 Å². The molecule has 0 unspecified atom stereocenters. The molecule has 2 aromatic heterocycles. The molecule has 0 radical (unpaired) electrons. The van der Waals surface area contributed by atoms with E-state index in [2.05, 4.69) is 15.5 Å². The first-order valence-electron chi connectivity index (χ1n) is 10.5. The summed E-state index contributed by atoms with van der Waals surface area (Å²) in [6, 6.07) is 17.8. The third-order valence-electron chi connectivity index (χ3n) is 5.03. The van der Waals surface area contributed by atoms with Crippen LogP contribution < -0.4 is 15.2 Å². The minimum absolute atomic E-state index is 0.0598. The molecule has 4 rings (SSSR count). The summed E-state index contributed by atoms with van der Waals surface area (Å²) in [5.74, 6) is 1.48. The van der Waals surface area contributed by atoms with Crippen molar-refractivity contribution in [3.8, 4) is 22.1 Å². The van der Waals surface area contributed by atoms with Gasteiger partial charge in [-0.2, -0.15) is 0 Å². The first kappa shape index (κ1) is 24.9. The number of sulfonamides is 1. The molecule has 1 amide bonds. The molecule has 0 aliphatic rings. The second kappa shape index (κ2) is 11.0. The quantitative estimate of drug-likeness (QED) is 0.302. The maximum absolute atomic E-state index is 12.5. The normalized spacial score (nSPS) is 11.4. The van der Waals surface area contributed by atoms with E-state index in [1.807, 2.05) is 46.3 Å². The molecule has 0 bridgehead atoms. The second-order valence-corrected chi connectivity index (χ2v) is 10.8. The predicted molar refractivity (Wildman–Crippen MR) is 136 cm³/mol. The van der Waals surface area contributed by atoms with Crippen LogP contribution in [0.25, 0.3) is 16.4 Å². The fourth-order valence-corrected chi connectivity index (χ4v) is 5.26. The maximum Gasteiger partial charge on any atom is 0.238 e. The number of aromatic nitrogens is 3. The molecule has 12 heteroatoms. The van der Waals surface area contributed by atoms with Crippen molar-refractivity contribution in [2.24, 2.45) is 5.14 Å². The fraction of sp³-hybridized carbons (Fsp3) is 0.174. The standard InChI is InChI=1S/C23H23N5O4S3/c1-32-18-8-6-17(7-9-18)28-22(20-3-2-14-33-20)26-27-23(28)34-15-21(29)25-13-12-16-4-10-19(11-5-16)35(24,30)31/h2-11,14H,12-13,15H2,1H3,(H,25,29)(H2,24,30,31). The van der Waals surface area contributed by atoms with Gasteiger partial charge in [-0.1, -0.05) is 30.0 Å². The molecule has 0 spiro atoms. The topological polar surface area (TPSA) is 129 Å². The highest BCUT2D eigenvalue weighted by Crippen LogP contribution is 2.31. The van der Waals surface area contributed by atoms with Gasteiger partial charge in [0.1, 0.15) is 5.75 Å². The van der Waals surface area contributed by atoms with Crippen LogP contribution in [0.4, 0.5) is 0 Å². The zero-order valence-corrected chi connectivity index (χ0v) is 21.2. The highest BCUT2D eigenvalue weighted by molar-refractivity contribution is 7.99. The summed E-state index contributed by atoms with van der Waals surface area (Å²) in [7, 11) is -2.10. The third-order valence-corrected chi connectivity index (χ3v) is 7.75. The number of carbonyl (C=O) groups excluding carboxylic acids is 1. The molecule has 0 atom stereocenters. The van der Waals surface area contributed by atoms with E-state index in [9.17, 15) is 13.2 Å². The summed E-state index contributed by atoms with van der Waals surface area (Å²) < 4.78 is 29.9. The Balaban J connectivity index is 1.39. The molecule has 182 valence electrons. The second-order valence-electron chi connectivity index (χ2n) is 7.39. The van der Waals surface area contributed by atoms with Crippen molar-refractivity contribution in [1.29, 1.82) is 0 Å². The summed E-state index contributed by atoms with van der Waals surface area (Å²) in [5.41, 5.74) is 1.76. The molecule has 35 heavy (non-hydrogen) atoms. The Labute approximate surface area is 211 Å². The van der Waals surface area contributed by atoms with E-state index in [0.717, 1.165) is 21.9 Å². The van der Waals surface area contributed by atoms with Crippen molar-refractivity contribution in [3.05, 3.63) is 71.6 Å². The van der Waals surface area contributed by atoms with Crippen LogP contribution in [0.1, 0.15) is 5.56 Å². The number of ether oxygens (including phenoxy) is 1. The lowest BCUT2D eigenvalue weighted by Gasteiger charge is -2.10. The van der Waals surface area contributed by atoms with Gasteiger partial charge < -0.3 is 10.1 Å². The number of benzene rings is 2. The van der Waals surface area contributed by atoms with Gasteiger partial charge in [-0.3, -0.25) is 9.36 Å². The Hall–Kier alpha value is -3.19. The molecular formula is C23H23N5O4S3. The number of carbonyl (C=O) groups is 1. The van der Waals surface area contributed by atoms with Crippen LogP contribution in [0, 0.1) is 0 Å². The number of hydrogen-bond acceptors (Lipinski definition) is 8. The van der Waals surface area contributed by atoms with Crippen molar-refractivity contribution in [1.82, 2.24) is 20.1 Å². The fourth-order valence-electron chi connectivity index (χ4n) is 3.27. The first-order valence-corrected chi connectivity index (χ1v) is 13.9. The molecule has 2 heterocycles. The lowest BCUT2D eigenvalue weighted by Crippen LogP contribution is -2.27. The van der Waals surface area contributed by atoms with Crippen molar-refractivity contribution in [2.45, 2.75) is 16.5 Å². The first-order chi connectivity index (χ1) is 16.8. The zero-order valence-electron chi connectivity index (χ0n) is 18.7. The number of nitrogens with zero attached hydrogens (tertiary/aromatic N) is 3. The van der Waals surface area contributed by atoms with Crippen LogP contribution >= 0.6 is 23.1 Å². The Kier molecular flexibility index (Phi) is 7.86. The van der Waals surface area contributed by atoms with Gasteiger partial charge in [-0.25, -0.2) is 13.6 Å². The van der Waals surface area contributed by atoms with Gasteiger partial charge in [0.2, 0.25) is 15.9 Å². The van der Waals surface area contributed by atoms with Crippen molar-refractivity contribution >= 4 is 39.0 Å². The molecule has 0 aliphatic carbocycles. The highest BCUT2D eigenvalue weighted by Gasteiger charge is 2.18. The highest BCUT2D eigenvalue weighted by atomic mass is 32.2. The molecule has 0 aliphatic heterocycles. The third kappa shape index (κ3) is 6.28. The van der Waals surface area contributed by atoms with Gasteiger partial charge in [0.15, 0.2) is 11.0 Å². The van der Waals surface area contributed by atoms with Gasteiger partial charge in [0, 0.05) is 6.54 Å². The Bertz CT molecular complexity index is 1380. The average Bonchev–Trinajstić information content (AvgIpc) is 3.52. The largest absolute Gasteiger partial charge is 0.497 e. The zero-order chi connectivity index (χ0) is 24.8. The predicted octanol–water partition coefficient (Wildman–Crippen LogP) is 3.10. The van der Waals surface area contributed by atoms with E-state index < -0.39 is 10.0 Å². The number of amides is 1. The summed E-state index contributed by atoms with van der Waals surface area (Å²) >= 11 is 2.86. The number of primary sulfonamides is 1. The van der Waals surface area contributed by atoms with Gasteiger partial charge >= 0.3 is 0 Å². The lowest BCUT2D eigenvalue weighted by atomic mass is 10.1.